The van der Waals surface area contributed by atoms with Crippen LogP contribution in [0.1, 0.15) is 57.8 Å². The highest BCUT2D eigenvalue weighted by molar-refractivity contribution is 5.68. The molecule has 3 heteroatoms. The van der Waals surface area contributed by atoms with Gasteiger partial charge in [0.1, 0.15) is 0 Å². The molecule has 0 aliphatic rings. The number of unbranched alkanes of at least 4 members (excludes halogenated alkanes) is 7. The van der Waals surface area contributed by atoms with Crippen molar-refractivity contribution in [2.45, 2.75) is 57.8 Å². The van der Waals surface area contributed by atoms with E-state index in [4.69, 9.17) is 0 Å². The van der Waals surface area contributed by atoms with Crippen molar-refractivity contribution in [1.29, 1.82) is 0 Å². The largest absolute Gasteiger partial charge is 0.469 e. The molecule has 87 valence electrons. The van der Waals surface area contributed by atoms with Crippen LogP contribution < -0.4 is 0 Å². The van der Waals surface area contributed by atoms with Gasteiger partial charge in [-0.05, 0) is 12.8 Å². The minimum atomic E-state index is -0.114. The number of methoxy groups -OCH3 is 1. The van der Waals surface area contributed by atoms with Gasteiger partial charge in [0.15, 0.2) is 6.29 Å². The molecule has 0 fully saturated rings. The Kier molecular flexibility index (Phi) is 10.6. The second kappa shape index (κ2) is 11.2. The lowest BCUT2D eigenvalue weighted by Crippen LogP contribution is -1.99. The third-order valence-electron chi connectivity index (χ3n) is 2.39. The number of rotatable bonds is 10. The molecule has 0 rings (SSSR count). The molecule has 0 atom stereocenters. The van der Waals surface area contributed by atoms with Gasteiger partial charge < -0.3 is 4.74 Å². The monoisotopic (exact) mass is 213 g/mol. The molecule has 3 nitrogen and oxygen atoms in total. The molecule has 0 aliphatic carbocycles. The fraction of sp³-hybridized carbons (Fsp3) is 0.833. The van der Waals surface area contributed by atoms with Crippen LogP contribution in [0.15, 0.2) is 0 Å². The van der Waals surface area contributed by atoms with Crippen LogP contribution in [-0.2, 0) is 14.3 Å². The maximum Gasteiger partial charge on any atom is 0.305 e. The maximum absolute atomic E-state index is 10.8. The number of hydrogen-bond donors (Lipinski definition) is 0. The summed E-state index contributed by atoms with van der Waals surface area (Å²) in [6.45, 7) is 0. The quantitative estimate of drug-likeness (QED) is 0.414. The summed E-state index contributed by atoms with van der Waals surface area (Å²) < 4.78 is 4.55. The van der Waals surface area contributed by atoms with Crippen LogP contribution in [0, 0.1) is 0 Å². The zero-order valence-corrected chi connectivity index (χ0v) is 9.59. The van der Waals surface area contributed by atoms with E-state index >= 15 is 0 Å². The second-order valence-electron chi connectivity index (χ2n) is 3.70. The van der Waals surface area contributed by atoms with Gasteiger partial charge in [-0.2, -0.15) is 0 Å². The lowest BCUT2D eigenvalue weighted by molar-refractivity contribution is -0.140. The molecule has 0 aromatic heterocycles. The molecule has 0 N–H and O–H groups in total. The third-order valence-corrected chi connectivity index (χ3v) is 2.39. The lowest BCUT2D eigenvalue weighted by atomic mass is 10.1. The van der Waals surface area contributed by atoms with E-state index in [9.17, 15) is 9.59 Å². The van der Waals surface area contributed by atoms with Crippen molar-refractivity contribution < 1.29 is 14.3 Å². The summed E-state index contributed by atoms with van der Waals surface area (Å²) in [5, 5.41) is 0. The van der Waals surface area contributed by atoms with Gasteiger partial charge in [-0.15, -0.1) is 0 Å². The molecule has 0 bridgehead atoms. The van der Waals surface area contributed by atoms with Crippen molar-refractivity contribution in [2.75, 3.05) is 7.11 Å². The molecule has 1 radical (unpaired) electrons. The average molecular weight is 213 g/mol. The fourth-order valence-corrected chi connectivity index (χ4v) is 1.45. The molecule has 0 amide bonds. The van der Waals surface area contributed by atoms with Crippen LogP contribution in [-0.4, -0.2) is 19.4 Å². The van der Waals surface area contributed by atoms with Crippen molar-refractivity contribution in [2.24, 2.45) is 0 Å². The summed E-state index contributed by atoms with van der Waals surface area (Å²) in [6.07, 6.45) is 10.6. The summed E-state index contributed by atoms with van der Waals surface area (Å²) in [5.74, 6) is -0.114. The highest BCUT2D eigenvalue weighted by atomic mass is 16.5. The van der Waals surface area contributed by atoms with E-state index in [2.05, 4.69) is 4.74 Å². The van der Waals surface area contributed by atoms with E-state index < -0.39 is 0 Å². The maximum atomic E-state index is 10.8. The van der Waals surface area contributed by atoms with Gasteiger partial charge >= 0.3 is 5.97 Å². The topological polar surface area (TPSA) is 43.4 Å². The molecular formula is C12H21O3. The second-order valence-corrected chi connectivity index (χ2v) is 3.70. The normalized spacial score (nSPS) is 9.93. The van der Waals surface area contributed by atoms with Crippen LogP contribution >= 0.6 is 0 Å². The summed E-state index contributed by atoms with van der Waals surface area (Å²) in [6, 6.07) is 0. The molecule has 0 aromatic rings. The van der Waals surface area contributed by atoms with Gasteiger partial charge in [0.2, 0.25) is 0 Å². The smallest absolute Gasteiger partial charge is 0.305 e. The molecule has 15 heavy (non-hydrogen) atoms. The first-order valence-electron chi connectivity index (χ1n) is 5.73. The summed E-state index contributed by atoms with van der Waals surface area (Å²) in [4.78, 5) is 20.7. The van der Waals surface area contributed by atoms with Gasteiger partial charge in [-0.25, -0.2) is 0 Å². The number of carbonyl (C=O) groups excluding carboxylic acids is 2. The van der Waals surface area contributed by atoms with Crippen LogP contribution in [0.25, 0.3) is 0 Å². The Morgan fingerprint density at radius 3 is 2.07 bits per heavy atom. The molecule has 0 aliphatic heterocycles. The SMILES string of the molecule is COC(=O)CCCCCCCCC[C]=O. The molecule has 0 saturated carbocycles. The van der Waals surface area contributed by atoms with E-state index in [1.807, 2.05) is 6.29 Å². The van der Waals surface area contributed by atoms with E-state index in [0.29, 0.717) is 12.8 Å². The van der Waals surface area contributed by atoms with E-state index in [1.54, 1.807) is 0 Å². The molecule has 0 saturated heterocycles. The predicted molar refractivity (Wildman–Crippen MR) is 59.3 cm³/mol. The van der Waals surface area contributed by atoms with Crippen molar-refractivity contribution in [1.82, 2.24) is 0 Å². The number of ether oxygens (including phenoxy) is 1. The number of carbonyl (C=O) groups is 1. The molecule has 0 spiro atoms. The first-order chi connectivity index (χ1) is 7.31. The Morgan fingerprint density at radius 1 is 1.00 bits per heavy atom. The minimum Gasteiger partial charge on any atom is -0.469 e. The van der Waals surface area contributed by atoms with Gasteiger partial charge in [0.25, 0.3) is 0 Å². The van der Waals surface area contributed by atoms with Crippen molar-refractivity contribution in [3.8, 4) is 0 Å². The highest BCUT2D eigenvalue weighted by Crippen LogP contribution is 2.09. The number of esters is 1. The van der Waals surface area contributed by atoms with E-state index in [0.717, 1.165) is 25.7 Å². The first-order valence-corrected chi connectivity index (χ1v) is 5.73. The Bertz CT molecular complexity index is 166. The molecule has 0 heterocycles. The molecule has 0 aromatic carbocycles. The van der Waals surface area contributed by atoms with E-state index in [-0.39, 0.29) is 5.97 Å². The van der Waals surface area contributed by atoms with Crippen molar-refractivity contribution >= 4 is 12.3 Å². The molecular weight excluding hydrogens is 192 g/mol. The summed E-state index contributed by atoms with van der Waals surface area (Å²) >= 11 is 0. The fourth-order valence-electron chi connectivity index (χ4n) is 1.45. The Labute approximate surface area is 92.2 Å². The van der Waals surface area contributed by atoms with Crippen molar-refractivity contribution in [3.63, 3.8) is 0 Å². The zero-order chi connectivity index (χ0) is 11.4. The predicted octanol–water partition coefficient (Wildman–Crippen LogP) is 2.78. The first kappa shape index (κ1) is 14.1. The summed E-state index contributed by atoms with van der Waals surface area (Å²) in [7, 11) is 1.42. The minimum absolute atomic E-state index is 0.114. The third kappa shape index (κ3) is 11.1. The lowest BCUT2D eigenvalue weighted by Gasteiger charge is -2.00. The van der Waals surface area contributed by atoms with Gasteiger partial charge in [-0.3, -0.25) is 9.59 Å². The van der Waals surface area contributed by atoms with Gasteiger partial charge in [0, 0.05) is 12.8 Å². The van der Waals surface area contributed by atoms with Crippen LogP contribution in [0.2, 0.25) is 0 Å². The molecule has 0 unspecified atom stereocenters. The van der Waals surface area contributed by atoms with Gasteiger partial charge in [0.05, 0.1) is 7.11 Å². The standard InChI is InChI=1S/C12H21O3/c1-15-12(14)10-8-6-4-2-3-5-7-9-11-13/h2-10H2,1H3. The summed E-state index contributed by atoms with van der Waals surface area (Å²) in [5.41, 5.74) is 0. The Hall–Kier alpha value is -0.860. The Balaban J connectivity index is 2.98. The Morgan fingerprint density at radius 2 is 1.53 bits per heavy atom. The van der Waals surface area contributed by atoms with Crippen LogP contribution in [0.5, 0.6) is 0 Å². The van der Waals surface area contributed by atoms with E-state index in [1.165, 1.54) is 26.4 Å². The average Bonchev–Trinajstić information content (AvgIpc) is 2.26. The highest BCUT2D eigenvalue weighted by Gasteiger charge is 1.98. The van der Waals surface area contributed by atoms with Gasteiger partial charge in [-0.1, -0.05) is 32.1 Å². The van der Waals surface area contributed by atoms with Crippen molar-refractivity contribution in [3.05, 3.63) is 0 Å². The number of hydrogen-bond acceptors (Lipinski definition) is 3. The zero-order valence-electron chi connectivity index (χ0n) is 9.59. The van der Waals surface area contributed by atoms with Crippen LogP contribution in [0.3, 0.4) is 0 Å². The van der Waals surface area contributed by atoms with Crippen LogP contribution in [0.4, 0.5) is 0 Å².